The van der Waals surface area contributed by atoms with Gasteiger partial charge in [-0.05, 0) is 30.5 Å². The lowest BCUT2D eigenvalue weighted by Crippen LogP contribution is -2.38. The fraction of sp³-hybridized carbons (Fsp3) is 0.522. The van der Waals surface area contributed by atoms with Crippen LogP contribution in [0, 0.1) is 0 Å². The zero-order valence-corrected chi connectivity index (χ0v) is 22.6. The summed E-state index contributed by atoms with van der Waals surface area (Å²) >= 11 is 0. The largest absolute Gasteiger partial charge is 0.484 e. The van der Waals surface area contributed by atoms with Gasteiger partial charge in [-0.25, -0.2) is 4.99 Å². The number of aliphatic imine (C=N–C) groups is 1. The van der Waals surface area contributed by atoms with Crippen LogP contribution < -0.4 is 10.1 Å². The summed E-state index contributed by atoms with van der Waals surface area (Å²) in [6.45, 7) is 8.41. The van der Waals surface area contributed by atoms with Gasteiger partial charge in [-0.15, -0.1) is 24.0 Å². The summed E-state index contributed by atoms with van der Waals surface area (Å²) in [7, 11) is 7.41. The predicted molar refractivity (Wildman–Crippen MR) is 140 cm³/mol. The lowest BCUT2D eigenvalue weighted by Gasteiger charge is -2.22. The van der Waals surface area contributed by atoms with E-state index >= 15 is 0 Å². The number of carbonyl (C=O) groups excluding carboxylic acids is 1. The van der Waals surface area contributed by atoms with Gasteiger partial charge in [-0.1, -0.05) is 26.0 Å². The fourth-order valence-electron chi connectivity index (χ4n) is 3.14. The Kier molecular flexibility index (Phi) is 11.5. The van der Waals surface area contributed by atoms with Crippen LogP contribution in [0.2, 0.25) is 0 Å². The van der Waals surface area contributed by atoms with Crippen LogP contribution in [0.3, 0.4) is 0 Å². The van der Waals surface area contributed by atoms with Crippen molar-refractivity contribution in [2.24, 2.45) is 12.0 Å². The molecule has 0 aliphatic rings. The highest BCUT2D eigenvalue weighted by Gasteiger charge is 2.15. The molecule has 0 unspecified atom stereocenters. The maximum Gasteiger partial charge on any atom is 0.259 e. The fourth-order valence-corrected chi connectivity index (χ4v) is 3.14. The Balaban J connectivity index is 0.00000512. The monoisotopic (exact) mass is 556 g/mol. The zero-order valence-electron chi connectivity index (χ0n) is 20.3. The van der Waals surface area contributed by atoms with Crippen LogP contribution in [0.25, 0.3) is 0 Å². The average molecular weight is 556 g/mol. The second-order valence-electron chi connectivity index (χ2n) is 8.12. The molecule has 0 radical (unpaired) electrons. The number of nitrogens with zero attached hydrogens (tertiary/aromatic N) is 5. The molecule has 0 bridgehead atoms. The summed E-state index contributed by atoms with van der Waals surface area (Å²) in [6.07, 6.45) is 2.07. The molecular formula is C23H37IN6O2. The van der Waals surface area contributed by atoms with E-state index < -0.39 is 0 Å². The molecule has 0 atom stereocenters. The first-order chi connectivity index (χ1) is 14.7. The third-order valence-electron chi connectivity index (χ3n) is 4.76. The molecule has 1 amide bonds. The maximum atomic E-state index is 11.7. The number of hydrogen-bond acceptors (Lipinski definition) is 4. The van der Waals surface area contributed by atoms with E-state index in [2.05, 4.69) is 42.3 Å². The van der Waals surface area contributed by atoms with Crippen LogP contribution in [0.5, 0.6) is 5.75 Å². The van der Waals surface area contributed by atoms with Gasteiger partial charge < -0.3 is 19.9 Å². The third-order valence-corrected chi connectivity index (χ3v) is 4.76. The highest BCUT2D eigenvalue weighted by molar-refractivity contribution is 14.0. The second kappa shape index (κ2) is 13.3. The van der Waals surface area contributed by atoms with Crippen molar-refractivity contribution in [3.8, 4) is 5.75 Å². The molecule has 1 heterocycles. The molecule has 0 aliphatic carbocycles. The normalized spacial score (nSPS) is 11.2. The van der Waals surface area contributed by atoms with E-state index in [0.717, 1.165) is 30.3 Å². The molecule has 1 N–H and O–H groups in total. The summed E-state index contributed by atoms with van der Waals surface area (Å²) in [4.78, 5) is 20.2. The van der Waals surface area contributed by atoms with Gasteiger partial charge in [0.05, 0.1) is 12.2 Å². The van der Waals surface area contributed by atoms with Crippen molar-refractivity contribution in [3.63, 3.8) is 0 Å². The van der Waals surface area contributed by atoms with Crippen molar-refractivity contribution in [1.29, 1.82) is 0 Å². The molecule has 2 rings (SSSR count). The maximum absolute atomic E-state index is 11.7. The Morgan fingerprint density at radius 2 is 2.00 bits per heavy atom. The van der Waals surface area contributed by atoms with Crippen LogP contribution in [0.1, 0.15) is 43.5 Å². The zero-order chi connectivity index (χ0) is 23.0. The molecule has 9 heteroatoms. The van der Waals surface area contributed by atoms with Gasteiger partial charge >= 0.3 is 0 Å². The molecule has 1 aromatic carbocycles. The van der Waals surface area contributed by atoms with Crippen LogP contribution in [-0.2, 0) is 24.9 Å². The lowest BCUT2D eigenvalue weighted by atomic mass is 10.1. The predicted octanol–water partition coefficient (Wildman–Crippen LogP) is 3.23. The average Bonchev–Trinajstić information content (AvgIpc) is 3.09. The SMILES string of the molecule is CCNC(=NCc1cccc(OCC(=O)N(C)C)c1)N(C)Cc1cn(C)nc1C(C)C.I. The Bertz CT molecular complexity index is 894. The van der Waals surface area contributed by atoms with E-state index in [1.54, 1.807) is 14.1 Å². The first-order valence-electron chi connectivity index (χ1n) is 10.6. The Morgan fingerprint density at radius 1 is 1.28 bits per heavy atom. The van der Waals surface area contributed by atoms with Gasteiger partial charge in [-0.3, -0.25) is 9.48 Å². The minimum absolute atomic E-state index is 0. The molecule has 178 valence electrons. The molecule has 0 aliphatic heterocycles. The van der Waals surface area contributed by atoms with Crippen molar-refractivity contribution >= 4 is 35.8 Å². The van der Waals surface area contributed by atoms with Crippen molar-refractivity contribution in [1.82, 2.24) is 24.9 Å². The molecule has 8 nitrogen and oxygen atoms in total. The number of ether oxygens (including phenoxy) is 1. The summed E-state index contributed by atoms with van der Waals surface area (Å²) in [5.74, 6) is 1.79. The summed E-state index contributed by atoms with van der Waals surface area (Å²) in [6, 6.07) is 7.70. The minimum Gasteiger partial charge on any atom is -0.484 e. The van der Waals surface area contributed by atoms with Crippen LogP contribution in [-0.4, -0.2) is 65.7 Å². The number of hydrogen-bond donors (Lipinski definition) is 1. The van der Waals surface area contributed by atoms with E-state index in [0.29, 0.717) is 18.2 Å². The Hall–Kier alpha value is -2.30. The van der Waals surface area contributed by atoms with E-state index in [-0.39, 0.29) is 36.5 Å². The topological polar surface area (TPSA) is 75.0 Å². The van der Waals surface area contributed by atoms with Crippen LogP contribution >= 0.6 is 24.0 Å². The van der Waals surface area contributed by atoms with E-state index in [4.69, 9.17) is 9.73 Å². The summed E-state index contributed by atoms with van der Waals surface area (Å²) in [5.41, 5.74) is 3.33. The van der Waals surface area contributed by atoms with Gasteiger partial charge in [0.25, 0.3) is 5.91 Å². The molecule has 32 heavy (non-hydrogen) atoms. The van der Waals surface area contributed by atoms with Crippen LogP contribution in [0.15, 0.2) is 35.5 Å². The quantitative estimate of drug-likeness (QED) is 0.292. The minimum atomic E-state index is -0.0735. The molecule has 0 spiro atoms. The number of guanidine groups is 1. The number of amides is 1. The van der Waals surface area contributed by atoms with Gasteiger partial charge in [0.15, 0.2) is 12.6 Å². The Labute approximate surface area is 209 Å². The molecule has 0 fully saturated rings. The van der Waals surface area contributed by atoms with E-state index in [9.17, 15) is 4.79 Å². The summed E-state index contributed by atoms with van der Waals surface area (Å²) < 4.78 is 7.48. The van der Waals surface area contributed by atoms with E-state index in [1.165, 1.54) is 10.5 Å². The number of rotatable bonds is 9. The molecule has 0 saturated carbocycles. The summed E-state index contributed by atoms with van der Waals surface area (Å²) in [5, 5.41) is 7.96. The van der Waals surface area contributed by atoms with Crippen molar-refractivity contribution < 1.29 is 9.53 Å². The lowest BCUT2D eigenvalue weighted by molar-refractivity contribution is -0.130. The highest BCUT2D eigenvalue weighted by Crippen LogP contribution is 2.19. The first-order valence-corrected chi connectivity index (χ1v) is 10.6. The number of likely N-dealkylation sites (N-methyl/N-ethyl adjacent to an activating group) is 1. The molecule has 2 aromatic rings. The van der Waals surface area contributed by atoms with Gasteiger partial charge in [0.1, 0.15) is 5.75 Å². The smallest absolute Gasteiger partial charge is 0.259 e. The van der Waals surface area contributed by atoms with Gasteiger partial charge in [0.2, 0.25) is 0 Å². The second-order valence-corrected chi connectivity index (χ2v) is 8.12. The van der Waals surface area contributed by atoms with Gasteiger partial charge in [-0.2, -0.15) is 5.10 Å². The van der Waals surface area contributed by atoms with E-state index in [1.807, 2.05) is 43.0 Å². The molecular weight excluding hydrogens is 519 g/mol. The molecule has 0 saturated heterocycles. The number of halogens is 1. The van der Waals surface area contributed by atoms with Gasteiger partial charge in [0, 0.05) is 53.0 Å². The number of carbonyl (C=O) groups is 1. The van der Waals surface area contributed by atoms with Crippen molar-refractivity contribution in [3.05, 3.63) is 47.3 Å². The van der Waals surface area contributed by atoms with Crippen molar-refractivity contribution in [2.45, 2.75) is 39.8 Å². The first kappa shape index (κ1) is 27.7. The Morgan fingerprint density at radius 3 is 2.62 bits per heavy atom. The van der Waals surface area contributed by atoms with Crippen LogP contribution in [0.4, 0.5) is 0 Å². The molecule has 1 aromatic heterocycles. The third kappa shape index (κ3) is 8.33. The number of nitrogens with one attached hydrogen (secondary N) is 1. The number of benzene rings is 1. The van der Waals surface area contributed by atoms with Crippen molar-refractivity contribution in [2.75, 3.05) is 34.3 Å². The standard InChI is InChI=1S/C23H36N6O2.HI/c1-8-24-23(28(6)14-19-15-29(7)26-22(19)17(2)3)25-13-18-10-9-11-20(12-18)31-16-21(30)27(4)5;/h9-12,15,17H,8,13-14,16H2,1-7H3,(H,24,25);1H. The highest BCUT2D eigenvalue weighted by atomic mass is 127. The number of aryl methyl sites for hydroxylation is 1. The number of aromatic nitrogens is 2.